The number of fused-ring (bicyclic) bond motifs is 1. The molecule has 0 spiro atoms. The van der Waals surface area contributed by atoms with Gasteiger partial charge in [-0.2, -0.15) is 0 Å². The standard InChI is InChI=1S/C13H11N3O.ClH/c1-8-7-10-12(14-8)15-11(16-13(10)17)9-5-3-2-4-6-9;/h2-7H,1H3,(H2,14,15,16,17);1H. The Bertz CT molecular complexity index is 731. The van der Waals surface area contributed by atoms with Gasteiger partial charge in [-0.15, -0.1) is 12.4 Å². The van der Waals surface area contributed by atoms with E-state index in [1.165, 1.54) is 0 Å². The first kappa shape index (κ1) is 12.4. The summed E-state index contributed by atoms with van der Waals surface area (Å²) in [5, 5.41) is 0.599. The predicted octanol–water partition coefficient (Wildman–Crippen LogP) is 2.65. The summed E-state index contributed by atoms with van der Waals surface area (Å²) in [6.45, 7) is 1.91. The zero-order valence-electron chi connectivity index (χ0n) is 9.73. The molecule has 4 nitrogen and oxygen atoms in total. The quantitative estimate of drug-likeness (QED) is 0.707. The number of nitrogens with one attached hydrogen (secondary N) is 2. The number of hydrogen-bond donors (Lipinski definition) is 2. The first-order chi connectivity index (χ1) is 8.24. The zero-order chi connectivity index (χ0) is 11.8. The highest BCUT2D eigenvalue weighted by molar-refractivity contribution is 5.85. The first-order valence-electron chi connectivity index (χ1n) is 5.39. The lowest BCUT2D eigenvalue weighted by Gasteiger charge is -1.99. The molecular formula is C13H12ClN3O. The number of benzene rings is 1. The Hall–Kier alpha value is -2.07. The van der Waals surface area contributed by atoms with Crippen molar-refractivity contribution in [3.63, 3.8) is 0 Å². The molecule has 3 rings (SSSR count). The van der Waals surface area contributed by atoms with Crippen molar-refractivity contribution in [2.45, 2.75) is 6.92 Å². The van der Waals surface area contributed by atoms with E-state index in [9.17, 15) is 4.79 Å². The summed E-state index contributed by atoms with van der Waals surface area (Å²) in [4.78, 5) is 22.2. The maximum Gasteiger partial charge on any atom is 0.260 e. The van der Waals surface area contributed by atoms with Crippen LogP contribution in [0.3, 0.4) is 0 Å². The van der Waals surface area contributed by atoms with E-state index in [1.54, 1.807) is 6.07 Å². The molecule has 2 N–H and O–H groups in total. The number of rotatable bonds is 1. The highest BCUT2D eigenvalue weighted by Gasteiger charge is 2.07. The lowest BCUT2D eigenvalue weighted by molar-refractivity contribution is 1.16. The number of halogens is 1. The van der Waals surface area contributed by atoms with Gasteiger partial charge >= 0.3 is 0 Å². The van der Waals surface area contributed by atoms with Crippen molar-refractivity contribution in [2.24, 2.45) is 0 Å². The first-order valence-corrected chi connectivity index (χ1v) is 5.39. The van der Waals surface area contributed by atoms with Crippen molar-refractivity contribution in [2.75, 3.05) is 0 Å². The van der Waals surface area contributed by atoms with Crippen LogP contribution in [0.5, 0.6) is 0 Å². The molecule has 0 atom stereocenters. The Labute approximate surface area is 109 Å². The van der Waals surface area contributed by atoms with E-state index in [-0.39, 0.29) is 18.0 Å². The van der Waals surface area contributed by atoms with E-state index < -0.39 is 0 Å². The second-order valence-electron chi connectivity index (χ2n) is 4.00. The van der Waals surface area contributed by atoms with Crippen LogP contribution in [0.4, 0.5) is 0 Å². The van der Waals surface area contributed by atoms with Gasteiger partial charge in [0.15, 0.2) is 0 Å². The van der Waals surface area contributed by atoms with Crippen molar-refractivity contribution < 1.29 is 0 Å². The Balaban J connectivity index is 0.00000120. The highest BCUT2D eigenvalue weighted by Crippen LogP contribution is 2.15. The second-order valence-corrected chi connectivity index (χ2v) is 4.00. The molecule has 2 aromatic heterocycles. The molecule has 0 radical (unpaired) electrons. The molecule has 2 heterocycles. The fourth-order valence-electron chi connectivity index (χ4n) is 1.88. The van der Waals surface area contributed by atoms with E-state index in [0.29, 0.717) is 16.9 Å². The van der Waals surface area contributed by atoms with Crippen molar-refractivity contribution in [1.29, 1.82) is 0 Å². The van der Waals surface area contributed by atoms with Gasteiger partial charge in [0.05, 0.1) is 5.39 Å². The van der Waals surface area contributed by atoms with Crippen LogP contribution in [-0.2, 0) is 0 Å². The van der Waals surface area contributed by atoms with E-state index in [4.69, 9.17) is 0 Å². The fraction of sp³-hybridized carbons (Fsp3) is 0.0769. The average molecular weight is 262 g/mol. The lowest BCUT2D eigenvalue weighted by Crippen LogP contribution is -2.08. The van der Waals surface area contributed by atoms with Crippen LogP contribution in [0.2, 0.25) is 0 Å². The van der Waals surface area contributed by atoms with Gasteiger partial charge in [-0.3, -0.25) is 4.79 Å². The SMILES string of the molecule is Cc1cc2c(=O)[nH]c(-c3ccccc3)nc2[nH]1.Cl. The highest BCUT2D eigenvalue weighted by atomic mass is 35.5. The molecule has 0 saturated heterocycles. The minimum absolute atomic E-state index is 0. The van der Waals surface area contributed by atoms with Crippen LogP contribution in [0, 0.1) is 6.92 Å². The molecule has 1 aromatic carbocycles. The van der Waals surface area contributed by atoms with Gasteiger partial charge in [-0.05, 0) is 13.0 Å². The predicted molar refractivity (Wildman–Crippen MR) is 74.1 cm³/mol. The van der Waals surface area contributed by atoms with Gasteiger partial charge < -0.3 is 9.97 Å². The molecule has 0 aliphatic carbocycles. The lowest BCUT2D eigenvalue weighted by atomic mass is 10.2. The maximum absolute atomic E-state index is 11.9. The third-order valence-corrected chi connectivity index (χ3v) is 2.68. The normalized spacial score (nSPS) is 10.3. The number of aryl methyl sites for hydroxylation is 1. The van der Waals surface area contributed by atoms with Crippen LogP contribution < -0.4 is 5.56 Å². The second kappa shape index (κ2) is 4.66. The molecule has 0 unspecified atom stereocenters. The Morgan fingerprint density at radius 2 is 1.83 bits per heavy atom. The van der Waals surface area contributed by atoms with Crippen LogP contribution >= 0.6 is 12.4 Å². The maximum atomic E-state index is 11.9. The minimum Gasteiger partial charge on any atom is -0.343 e. The third kappa shape index (κ3) is 2.02. The van der Waals surface area contributed by atoms with Crippen LogP contribution in [0.15, 0.2) is 41.2 Å². The summed E-state index contributed by atoms with van der Waals surface area (Å²) in [6, 6.07) is 11.4. The molecule has 0 fully saturated rings. The molecule has 0 amide bonds. The van der Waals surface area contributed by atoms with Gasteiger partial charge in [0.25, 0.3) is 5.56 Å². The van der Waals surface area contributed by atoms with Crippen LogP contribution in [-0.4, -0.2) is 15.0 Å². The number of aromatic nitrogens is 3. The van der Waals surface area contributed by atoms with Gasteiger partial charge in [0.2, 0.25) is 0 Å². The Morgan fingerprint density at radius 1 is 1.11 bits per heavy atom. The van der Waals surface area contributed by atoms with Gasteiger partial charge in [-0.25, -0.2) is 4.98 Å². The molecule has 0 bridgehead atoms. The molecule has 0 aliphatic rings. The van der Waals surface area contributed by atoms with Crippen LogP contribution in [0.25, 0.3) is 22.4 Å². The summed E-state index contributed by atoms with van der Waals surface area (Å²) >= 11 is 0. The number of H-pyrrole nitrogens is 2. The van der Waals surface area contributed by atoms with E-state index in [0.717, 1.165) is 11.3 Å². The van der Waals surface area contributed by atoms with Crippen molar-refractivity contribution in [1.82, 2.24) is 15.0 Å². The average Bonchev–Trinajstić information content (AvgIpc) is 2.71. The smallest absolute Gasteiger partial charge is 0.260 e. The number of nitrogens with zero attached hydrogens (tertiary/aromatic N) is 1. The minimum atomic E-state index is -0.113. The van der Waals surface area contributed by atoms with Crippen molar-refractivity contribution >= 4 is 23.4 Å². The summed E-state index contributed by atoms with van der Waals surface area (Å²) in [5.74, 6) is 0.588. The summed E-state index contributed by atoms with van der Waals surface area (Å²) in [6.07, 6.45) is 0. The Morgan fingerprint density at radius 3 is 2.56 bits per heavy atom. The zero-order valence-corrected chi connectivity index (χ0v) is 10.5. The summed E-state index contributed by atoms with van der Waals surface area (Å²) in [7, 11) is 0. The molecule has 5 heteroatoms. The molecule has 0 aliphatic heterocycles. The monoisotopic (exact) mass is 261 g/mol. The van der Waals surface area contributed by atoms with Crippen molar-refractivity contribution in [3.8, 4) is 11.4 Å². The third-order valence-electron chi connectivity index (χ3n) is 2.68. The fourth-order valence-corrected chi connectivity index (χ4v) is 1.88. The van der Waals surface area contributed by atoms with Gasteiger partial charge in [0, 0.05) is 11.3 Å². The van der Waals surface area contributed by atoms with Crippen LogP contribution in [0.1, 0.15) is 5.69 Å². The molecule has 18 heavy (non-hydrogen) atoms. The topological polar surface area (TPSA) is 61.5 Å². The summed E-state index contributed by atoms with van der Waals surface area (Å²) < 4.78 is 0. The summed E-state index contributed by atoms with van der Waals surface area (Å²) in [5.41, 5.74) is 2.35. The Kier molecular flexibility index (Phi) is 3.21. The van der Waals surface area contributed by atoms with Crippen molar-refractivity contribution in [3.05, 3.63) is 52.4 Å². The number of aromatic amines is 2. The van der Waals surface area contributed by atoms with E-state index in [1.807, 2.05) is 37.3 Å². The van der Waals surface area contributed by atoms with E-state index in [2.05, 4.69) is 15.0 Å². The number of hydrogen-bond acceptors (Lipinski definition) is 2. The molecule has 0 saturated carbocycles. The molecular weight excluding hydrogens is 250 g/mol. The largest absolute Gasteiger partial charge is 0.343 e. The molecule has 3 aromatic rings. The van der Waals surface area contributed by atoms with Gasteiger partial charge in [0.1, 0.15) is 11.5 Å². The van der Waals surface area contributed by atoms with Gasteiger partial charge in [-0.1, -0.05) is 30.3 Å². The molecule has 92 valence electrons. The van der Waals surface area contributed by atoms with E-state index >= 15 is 0 Å².